The second-order valence-electron chi connectivity index (χ2n) is 14.5. The van der Waals surface area contributed by atoms with Crippen LogP contribution in [0.15, 0.2) is 200 Å². The fourth-order valence-corrected chi connectivity index (χ4v) is 6.16. The molecule has 1 aromatic heterocycles. The minimum absolute atomic E-state index is 0.0222. The minimum Gasteiger partial charge on any atom is -0.488 e. The molecule has 0 aliphatic rings. The average molecular weight is 877 g/mol. The van der Waals surface area contributed by atoms with Gasteiger partial charge in [-0.2, -0.15) is 26.3 Å². The van der Waals surface area contributed by atoms with Crippen LogP contribution < -0.4 is 0 Å². The maximum Gasteiger partial charge on any atom is 0.411 e. The first-order chi connectivity index (χ1) is 29.7. The lowest BCUT2D eigenvalue weighted by Crippen LogP contribution is -2.52. The Kier molecular flexibility index (Phi) is 21.9. The number of allylic oxidation sites excluding steroid dienone is 23. The van der Waals surface area contributed by atoms with E-state index in [4.69, 9.17) is 13.9 Å². The van der Waals surface area contributed by atoms with Crippen LogP contribution in [0.1, 0.15) is 85.4 Å². The lowest BCUT2D eigenvalue weighted by molar-refractivity contribution is -0.308. The Morgan fingerprint density at radius 2 is 0.968 bits per heavy atom. The van der Waals surface area contributed by atoms with Gasteiger partial charge >= 0.3 is 12.4 Å². The lowest BCUT2D eigenvalue weighted by Gasteiger charge is -2.39. The SMILES string of the molecule is C=C/C(=C\C=C(/C=C)c1nnc(/C(C=C)=C/C=C(\C=C)C(C)(CC)CC)o1)O/C(C=C)=C/C=C(\C=C)C(/C(C=C)=C/C=C(\C=C)OC(C)(CC)CC/C=C/C)(C(F)(F)F)C(F)(F)F. The Labute approximate surface area is 370 Å². The molecule has 0 aliphatic heterocycles. The number of rotatable bonds is 27. The van der Waals surface area contributed by atoms with Crippen LogP contribution in [-0.2, 0) is 9.47 Å². The molecule has 1 aromatic rings. The third-order valence-electron chi connectivity index (χ3n) is 10.7. The summed E-state index contributed by atoms with van der Waals surface area (Å²) in [5, 5.41) is 8.28. The molecule has 0 saturated heterocycles. The summed E-state index contributed by atoms with van der Waals surface area (Å²) in [6.45, 7) is 41.2. The molecule has 340 valence electrons. The Hall–Kier alpha value is -6.10. The third-order valence-corrected chi connectivity index (χ3v) is 10.7. The summed E-state index contributed by atoms with van der Waals surface area (Å²) < 4.78 is 109. The molecule has 0 N–H and O–H groups in total. The molecule has 0 aliphatic carbocycles. The number of alkyl halides is 6. The number of ether oxygens (including phenoxy) is 2. The predicted molar refractivity (Wildman–Crippen MR) is 248 cm³/mol. The van der Waals surface area contributed by atoms with E-state index < -0.39 is 34.5 Å². The second-order valence-corrected chi connectivity index (χ2v) is 14.5. The summed E-state index contributed by atoms with van der Waals surface area (Å²) in [5.41, 5.74) is -6.02. The van der Waals surface area contributed by atoms with E-state index in [1.807, 2.05) is 44.2 Å². The smallest absolute Gasteiger partial charge is 0.411 e. The van der Waals surface area contributed by atoms with Gasteiger partial charge in [-0.05, 0) is 117 Å². The van der Waals surface area contributed by atoms with Crippen molar-refractivity contribution in [2.75, 3.05) is 0 Å². The molecule has 0 aromatic carbocycles. The normalized spacial score (nSPS) is 15.7. The average Bonchev–Trinajstić information content (AvgIpc) is 3.74. The molecule has 0 bridgehead atoms. The molecule has 5 nitrogen and oxygen atoms in total. The van der Waals surface area contributed by atoms with Crippen molar-refractivity contribution in [2.45, 2.75) is 91.6 Å². The van der Waals surface area contributed by atoms with Gasteiger partial charge in [-0.15, -0.1) is 10.2 Å². The van der Waals surface area contributed by atoms with Gasteiger partial charge < -0.3 is 13.9 Å². The third kappa shape index (κ3) is 14.2. The van der Waals surface area contributed by atoms with Crippen molar-refractivity contribution in [3.8, 4) is 0 Å². The van der Waals surface area contributed by atoms with Crippen LogP contribution in [0.4, 0.5) is 26.3 Å². The van der Waals surface area contributed by atoms with Gasteiger partial charge in [-0.3, -0.25) is 0 Å². The van der Waals surface area contributed by atoms with Crippen molar-refractivity contribution in [2.24, 2.45) is 10.8 Å². The summed E-state index contributed by atoms with van der Waals surface area (Å²) in [6, 6.07) is 0. The van der Waals surface area contributed by atoms with Gasteiger partial charge in [0.15, 0.2) is 0 Å². The summed E-state index contributed by atoms with van der Waals surface area (Å²) in [5.74, 6) is 0.0185. The number of hydrogen-bond donors (Lipinski definition) is 0. The van der Waals surface area contributed by atoms with E-state index in [1.165, 1.54) is 30.4 Å². The largest absolute Gasteiger partial charge is 0.488 e. The fourth-order valence-electron chi connectivity index (χ4n) is 6.16. The van der Waals surface area contributed by atoms with Crippen LogP contribution >= 0.6 is 0 Å². The topological polar surface area (TPSA) is 57.4 Å². The highest BCUT2D eigenvalue weighted by molar-refractivity contribution is 5.72. The zero-order chi connectivity index (χ0) is 48.1. The van der Waals surface area contributed by atoms with Gasteiger partial charge in [-0.25, -0.2) is 0 Å². The Morgan fingerprint density at radius 1 is 0.556 bits per heavy atom. The van der Waals surface area contributed by atoms with Crippen LogP contribution in [0, 0.1) is 10.8 Å². The minimum atomic E-state index is -5.94. The lowest BCUT2D eigenvalue weighted by atomic mass is 9.71. The van der Waals surface area contributed by atoms with Gasteiger partial charge in [0.1, 0.15) is 22.9 Å². The van der Waals surface area contributed by atoms with E-state index in [0.717, 1.165) is 36.6 Å². The Morgan fingerprint density at radius 3 is 1.33 bits per heavy atom. The van der Waals surface area contributed by atoms with E-state index in [2.05, 4.69) is 83.6 Å². The first-order valence-corrected chi connectivity index (χ1v) is 20.3. The highest BCUT2D eigenvalue weighted by Crippen LogP contribution is 2.60. The first kappa shape index (κ1) is 54.9. The quantitative estimate of drug-likeness (QED) is 0.0381. The Bertz CT molecular complexity index is 2090. The number of halogens is 6. The summed E-state index contributed by atoms with van der Waals surface area (Å²) in [6.07, 6.45) is 14.6. The van der Waals surface area contributed by atoms with Crippen LogP contribution in [0.5, 0.6) is 0 Å². The van der Waals surface area contributed by atoms with Crippen molar-refractivity contribution < 1.29 is 40.2 Å². The molecular formula is C52H62F6N2O3. The van der Waals surface area contributed by atoms with Crippen LogP contribution in [0.2, 0.25) is 0 Å². The van der Waals surface area contributed by atoms with Crippen molar-refractivity contribution in [3.05, 3.63) is 208 Å². The van der Waals surface area contributed by atoms with Gasteiger partial charge in [0, 0.05) is 11.1 Å². The van der Waals surface area contributed by atoms with Crippen molar-refractivity contribution in [3.63, 3.8) is 0 Å². The van der Waals surface area contributed by atoms with Crippen molar-refractivity contribution >= 4 is 11.1 Å². The maximum atomic E-state index is 15.2. The van der Waals surface area contributed by atoms with E-state index in [-0.39, 0.29) is 34.5 Å². The van der Waals surface area contributed by atoms with Gasteiger partial charge in [-0.1, -0.05) is 141 Å². The summed E-state index contributed by atoms with van der Waals surface area (Å²) in [4.78, 5) is 0. The van der Waals surface area contributed by atoms with Crippen molar-refractivity contribution in [1.82, 2.24) is 10.2 Å². The molecule has 0 fully saturated rings. The Balaban J connectivity index is 3.84. The van der Waals surface area contributed by atoms with E-state index in [1.54, 1.807) is 13.0 Å². The van der Waals surface area contributed by atoms with Crippen molar-refractivity contribution in [1.29, 1.82) is 0 Å². The van der Waals surface area contributed by atoms with E-state index >= 15 is 26.3 Å². The first-order valence-electron chi connectivity index (χ1n) is 20.3. The molecule has 0 saturated carbocycles. The molecule has 63 heavy (non-hydrogen) atoms. The summed E-state index contributed by atoms with van der Waals surface area (Å²) in [7, 11) is 0. The van der Waals surface area contributed by atoms with Gasteiger partial charge in [0.05, 0.1) is 0 Å². The monoisotopic (exact) mass is 876 g/mol. The molecule has 0 amide bonds. The highest BCUT2D eigenvalue weighted by Gasteiger charge is 2.73. The zero-order valence-electron chi connectivity index (χ0n) is 37.5. The predicted octanol–water partition coefficient (Wildman–Crippen LogP) is 16.3. The molecule has 1 atom stereocenters. The van der Waals surface area contributed by atoms with E-state index in [0.29, 0.717) is 54.7 Å². The molecule has 0 spiro atoms. The number of hydrogen-bond acceptors (Lipinski definition) is 5. The van der Waals surface area contributed by atoms with Crippen LogP contribution in [0.3, 0.4) is 0 Å². The molecular weight excluding hydrogens is 815 g/mol. The van der Waals surface area contributed by atoms with Gasteiger partial charge in [0.2, 0.25) is 17.2 Å². The fraction of sp³-hybridized carbons (Fsp3) is 0.308. The zero-order valence-corrected chi connectivity index (χ0v) is 37.5. The standard InChI is InChI=1S/C52H62F6N2O3/c1-15-27-28-37-49(14,26-12)63-45(23-9)36-33-42(20-6)50(51(53,54)55,52(56,57)58)41(19-5)32-35-44(22-8)61-43(21-7)34-30-39(17-3)47-60-59-46(62-47)38(16-2)29-31-40(18-4)48(13,24-10)25-11/h15-23,27,29-36H,2-9,24-26,28,37H2,1,10-14H3/b27-15+,38-29+,39-30+,40-31+,41-32+,42-33+,43-34+,44-35+,45-36+. The van der Waals surface area contributed by atoms with Crippen LogP contribution in [0.25, 0.3) is 11.1 Å². The number of aromatic nitrogens is 2. The highest BCUT2D eigenvalue weighted by atomic mass is 19.4. The summed E-state index contributed by atoms with van der Waals surface area (Å²) >= 11 is 0. The maximum absolute atomic E-state index is 15.2. The molecule has 11 heteroatoms. The van der Waals surface area contributed by atoms with Gasteiger partial charge in [0.25, 0.3) is 0 Å². The second kappa shape index (κ2) is 25.1. The van der Waals surface area contributed by atoms with Crippen LogP contribution in [-0.4, -0.2) is 28.2 Å². The molecule has 1 heterocycles. The molecule has 0 radical (unpaired) electrons. The molecule has 1 unspecified atom stereocenters. The number of nitrogens with zero attached hydrogens (tertiary/aromatic N) is 2. The van der Waals surface area contributed by atoms with E-state index in [9.17, 15) is 0 Å². The molecule has 1 rings (SSSR count).